The van der Waals surface area contributed by atoms with Crippen LogP contribution >= 0.6 is 0 Å². The number of hydrogen-bond donors (Lipinski definition) is 3. The number of anilines is 1. The van der Waals surface area contributed by atoms with Crippen LogP contribution in [-0.2, 0) is 20.7 Å². The van der Waals surface area contributed by atoms with Crippen molar-refractivity contribution in [1.82, 2.24) is 29.7 Å². The zero-order valence-electron chi connectivity index (χ0n) is 19.6. The molecule has 0 bridgehead atoms. The molecule has 2 aromatic rings. The van der Waals surface area contributed by atoms with Crippen molar-refractivity contribution in [1.29, 1.82) is 0 Å². The van der Waals surface area contributed by atoms with Gasteiger partial charge in [0, 0.05) is 31.6 Å². The van der Waals surface area contributed by atoms with E-state index in [1.54, 1.807) is 15.8 Å². The van der Waals surface area contributed by atoms with Gasteiger partial charge in [0.05, 0.1) is 18.9 Å². The van der Waals surface area contributed by atoms with E-state index in [2.05, 4.69) is 26.8 Å². The monoisotopic (exact) mass is 485 g/mol. The number of nitrogens with zero attached hydrogens (tertiary/aromatic N) is 5. The number of likely N-dealkylation sites (tertiary alicyclic amines) is 1. The van der Waals surface area contributed by atoms with Crippen LogP contribution < -0.4 is 11.1 Å². The second-order valence-electron chi connectivity index (χ2n) is 9.45. The lowest BCUT2D eigenvalue weighted by Gasteiger charge is -2.31. The van der Waals surface area contributed by atoms with Crippen LogP contribution in [0.4, 0.5) is 10.6 Å². The first-order valence-corrected chi connectivity index (χ1v) is 12.1. The Morgan fingerprint density at radius 2 is 2.11 bits per heavy atom. The lowest BCUT2D eigenvalue weighted by Crippen LogP contribution is -2.39. The summed E-state index contributed by atoms with van der Waals surface area (Å²) in [6.45, 7) is 6.13. The molecule has 12 heteroatoms. The molecule has 3 aliphatic rings. The predicted octanol–water partition coefficient (Wildman–Crippen LogP) is 0.772. The number of rotatable bonds is 6. The summed E-state index contributed by atoms with van der Waals surface area (Å²) in [5.41, 5.74) is 7.76. The molecular formula is C23H31N7O5. The van der Waals surface area contributed by atoms with Gasteiger partial charge in [-0.15, -0.1) is 0 Å². The molecule has 3 atom stereocenters. The number of aromatic nitrogens is 4. The maximum atomic E-state index is 12.4. The molecule has 2 unspecified atom stereocenters. The topological polar surface area (TPSA) is 158 Å². The zero-order valence-corrected chi connectivity index (χ0v) is 19.6. The quantitative estimate of drug-likeness (QED) is 0.503. The van der Waals surface area contributed by atoms with Gasteiger partial charge in [-0.1, -0.05) is 6.58 Å². The van der Waals surface area contributed by atoms with Gasteiger partial charge in [0.2, 0.25) is 5.91 Å². The maximum absolute atomic E-state index is 12.4. The molecule has 0 spiro atoms. The number of amides is 2. The molecule has 3 aliphatic heterocycles. The fraction of sp³-hybridized carbons (Fsp3) is 0.609. The summed E-state index contributed by atoms with van der Waals surface area (Å²) < 4.78 is 12.8. The van der Waals surface area contributed by atoms with E-state index in [-0.39, 0.29) is 31.1 Å². The zero-order chi connectivity index (χ0) is 24.5. The van der Waals surface area contributed by atoms with Crippen molar-refractivity contribution in [2.24, 2.45) is 11.8 Å². The number of aliphatic hydroxyl groups is 1. The van der Waals surface area contributed by atoms with Crippen LogP contribution in [-0.4, -0.2) is 80.5 Å². The first kappa shape index (κ1) is 23.5. The Hall–Kier alpha value is -3.25. The van der Waals surface area contributed by atoms with Crippen LogP contribution in [0.1, 0.15) is 37.7 Å². The minimum atomic E-state index is -0.721. The first-order valence-electron chi connectivity index (χ1n) is 12.1. The molecule has 3 saturated heterocycles. The van der Waals surface area contributed by atoms with Crippen molar-refractivity contribution in [3.8, 4) is 0 Å². The average Bonchev–Trinajstić information content (AvgIpc) is 3.56. The van der Waals surface area contributed by atoms with Crippen molar-refractivity contribution in [2.75, 3.05) is 38.6 Å². The highest BCUT2D eigenvalue weighted by Gasteiger charge is 2.32. The van der Waals surface area contributed by atoms with Crippen LogP contribution in [0.3, 0.4) is 0 Å². The van der Waals surface area contributed by atoms with E-state index in [9.17, 15) is 14.7 Å². The Balaban J connectivity index is 1.15. The normalized spacial score (nSPS) is 25.4. The largest absolute Gasteiger partial charge is 0.449 e. The minimum absolute atomic E-state index is 0.0427. The number of aliphatic hydroxyl groups excluding tert-OH is 1. The lowest BCUT2D eigenvalue weighted by molar-refractivity contribution is -0.123. The number of aryl methyl sites for hydroxylation is 1. The molecule has 0 aliphatic carbocycles. The number of imidazole rings is 1. The molecule has 12 nitrogen and oxygen atoms in total. The standard InChI is InChI=1S/C23H31N7O5/c1-13-16(31)11-34-22(13)30-12-26-18-19(24)27-17(28-20(18)30)3-2-14-5-8-29(9-6-14)23(33)35-10-15-4-7-25-21(15)32/h12,14-16,22,31H,1-11H2,(H,25,32)(H2,24,27,28)/t15?,16?,22-/m1/s1. The van der Waals surface area contributed by atoms with Crippen LogP contribution in [0.5, 0.6) is 0 Å². The van der Waals surface area contributed by atoms with E-state index in [1.165, 1.54) is 0 Å². The smallest absolute Gasteiger partial charge is 0.409 e. The number of carbonyl (C=O) groups excluding carboxylic acids is 2. The third-order valence-electron chi connectivity index (χ3n) is 7.12. The van der Waals surface area contributed by atoms with Crippen LogP contribution in [0.15, 0.2) is 18.5 Å². The van der Waals surface area contributed by atoms with Crippen molar-refractivity contribution < 1.29 is 24.2 Å². The second-order valence-corrected chi connectivity index (χ2v) is 9.45. The molecule has 5 rings (SSSR count). The third-order valence-corrected chi connectivity index (χ3v) is 7.12. The molecule has 188 valence electrons. The van der Waals surface area contributed by atoms with E-state index in [0.29, 0.717) is 66.8 Å². The van der Waals surface area contributed by atoms with Gasteiger partial charge in [0.15, 0.2) is 17.7 Å². The molecule has 2 amide bonds. The highest BCUT2D eigenvalue weighted by molar-refractivity contribution is 5.82. The van der Waals surface area contributed by atoms with Gasteiger partial charge in [-0.3, -0.25) is 9.36 Å². The number of piperidine rings is 1. The van der Waals surface area contributed by atoms with Crippen molar-refractivity contribution in [2.45, 2.75) is 44.4 Å². The summed E-state index contributed by atoms with van der Waals surface area (Å²) in [5, 5.41) is 12.7. The Morgan fingerprint density at radius 1 is 1.31 bits per heavy atom. The SMILES string of the molecule is C=C1C(O)CO[C@H]1n1cnc2c(N)nc(CCC3CCN(C(=O)OCC4CCNC4=O)CC3)nc21. The number of nitrogen functional groups attached to an aromatic ring is 1. The molecule has 0 aromatic carbocycles. The summed E-state index contributed by atoms with van der Waals surface area (Å²) in [6.07, 6.45) is 3.93. The maximum Gasteiger partial charge on any atom is 0.409 e. The molecule has 5 heterocycles. The molecular weight excluding hydrogens is 454 g/mol. The summed E-state index contributed by atoms with van der Waals surface area (Å²) in [7, 11) is 0. The minimum Gasteiger partial charge on any atom is -0.449 e. The van der Waals surface area contributed by atoms with Crippen LogP contribution in [0, 0.1) is 11.8 Å². The van der Waals surface area contributed by atoms with Gasteiger partial charge in [-0.05, 0) is 31.6 Å². The van der Waals surface area contributed by atoms with E-state index in [4.69, 9.17) is 15.2 Å². The highest BCUT2D eigenvalue weighted by Crippen LogP contribution is 2.31. The van der Waals surface area contributed by atoms with Crippen molar-refractivity contribution >= 4 is 29.0 Å². The van der Waals surface area contributed by atoms with E-state index >= 15 is 0 Å². The summed E-state index contributed by atoms with van der Waals surface area (Å²) in [6, 6.07) is 0. The number of nitrogens with one attached hydrogen (secondary N) is 1. The number of ether oxygens (including phenoxy) is 2. The third kappa shape index (κ3) is 4.80. The number of nitrogens with two attached hydrogens (primary N) is 1. The fourth-order valence-electron chi connectivity index (χ4n) is 4.89. The second kappa shape index (κ2) is 9.78. The van der Waals surface area contributed by atoms with Gasteiger partial charge < -0.3 is 30.5 Å². The summed E-state index contributed by atoms with van der Waals surface area (Å²) in [4.78, 5) is 39.1. The Morgan fingerprint density at radius 3 is 2.80 bits per heavy atom. The van der Waals surface area contributed by atoms with E-state index in [1.807, 2.05) is 0 Å². The predicted molar refractivity (Wildman–Crippen MR) is 125 cm³/mol. The van der Waals surface area contributed by atoms with Gasteiger partial charge in [0.1, 0.15) is 24.1 Å². The van der Waals surface area contributed by atoms with Gasteiger partial charge in [-0.25, -0.2) is 19.7 Å². The molecule has 4 N–H and O–H groups in total. The first-order chi connectivity index (χ1) is 16.9. The average molecular weight is 486 g/mol. The molecule has 2 aromatic heterocycles. The number of fused-ring (bicyclic) bond motifs is 1. The molecule has 35 heavy (non-hydrogen) atoms. The number of carbonyl (C=O) groups is 2. The Bertz CT molecular complexity index is 1130. The summed E-state index contributed by atoms with van der Waals surface area (Å²) in [5.74, 6) is 1.08. The lowest BCUT2D eigenvalue weighted by atomic mass is 9.92. The summed E-state index contributed by atoms with van der Waals surface area (Å²) >= 11 is 0. The van der Waals surface area contributed by atoms with Crippen molar-refractivity contribution in [3.63, 3.8) is 0 Å². The molecule has 0 radical (unpaired) electrons. The van der Waals surface area contributed by atoms with Crippen molar-refractivity contribution in [3.05, 3.63) is 24.3 Å². The van der Waals surface area contributed by atoms with E-state index in [0.717, 1.165) is 19.3 Å². The fourth-order valence-corrected chi connectivity index (χ4v) is 4.89. The van der Waals surface area contributed by atoms with Gasteiger partial charge >= 0.3 is 6.09 Å². The van der Waals surface area contributed by atoms with Crippen LogP contribution in [0.2, 0.25) is 0 Å². The Kier molecular flexibility index (Phi) is 6.56. The highest BCUT2D eigenvalue weighted by atomic mass is 16.6. The Labute approximate surface area is 202 Å². The molecule has 3 fully saturated rings. The van der Waals surface area contributed by atoms with E-state index < -0.39 is 12.3 Å². The van der Waals surface area contributed by atoms with Gasteiger partial charge in [0.25, 0.3) is 0 Å². The number of hydrogen-bond acceptors (Lipinski definition) is 9. The van der Waals surface area contributed by atoms with Gasteiger partial charge in [-0.2, -0.15) is 0 Å². The van der Waals surface area contributed by atoms with Crippen LogP contribution in [0.25, 0.3) is 11.2 Å². The molecule has 0 saturated carbocycles.